The molecule has 0 aliphatic heterocycles. The van der Waals surface area contributed by atoms with Crippen molar-refractivity contribution in [2.24, 2.45) is 0 Å². The number of carbonyl (C=O) groups is 6. The quantitative estimate of drug-likeness (QED) is 0.0258. The standard InChI is InChI=1S/2C22H40O6.Ba/c2*1-4-5-6-7-8-9-10-11-12-13-14-15-16-17-20(23)27-19(3)22(26)28-18(2)21(24)25;/h2*18-19H,4-17H2,1-3H3,(H,24,25);/q;;+2/p-2. The molecule has 57 heavy (non-hydrogen) atoms. The van der Waals surface area contributed by atoms with Crippen LogP contribution in [-0.2, 0) is 47.7 Å². The van der Waals surface area contributed by atoms with Crippen LogP contribution in [0.4, 0.5) is 0 Å². The number of aliphatic carboxylic acids is 2. The van der Waals surface area contributed by atoms with E-state index in [1.54, 1.807) is 0 Å². The number of carboxylic acids is 2. The van der Waals surface area contributed by atoms with Crippen molar-refractivity contribution in [2.75, 3.05) is 0 Å². The number of rotatable bonds is 36. The van der Waals surface area contributed by atoms with E-state index in [0.29, 0.717) is 0 Å². The molecule has 0 radical (unpaired) electrons. The van der Waals surface area contributed by atoms with Crippen molar-refractivity contribution in [1.29, 1.82) is 0 Å². The van der Waals surface area contributed by atoms with Gasteiger partial charge in [-0.05, 0) is 40.5 Å². The zero-order valence-electron chi connectivity index (χ0n) is 36.7. The Morgan fingerprint density at radius 1 is 0.351 bits per heavy atom. The molecule has 0 saturated heterocycles. The SMILES string of the molecule is CCCCCCCCCCCCCCCC(=O)OC(C)C(=O)OC(C)C(=O)[O-].CCCCCCCCCCCCCCCC(=O)OC(C)C(=O)OC(C)C(=O)[O-].[Ba+2]. The van der Waals surface area contributed by atoms with Gasteiger partial charge in [0.25, 0.3) is 0 Å². The van der Waals surface area contributed by atoms with Crippen LogP contribution < -0.4 is 10.2 Å². The maximum absolute atomic E-state index is 11.7. The van der Waals surface area contributed by atoms with Gasteiger partial charge in [-0.1, -0.05) is 168 Å². The number of hydrogen-bond acceptors (Lipinski definition) is 12. The summed E-state index contributed by atoms with van der Waals surface area (Å²) in [6, 6.07) is 0. The molecule has 12 nitrogen and oxygen atoms in total. The van der Waals surface area contributed by atoms with Gasteiger partial charge in [0.1, 0.15) is 12.2 Å². The molecule has 328 valence electrons. The summed E-state index contributed by atoms with van der Waals surface area (Å²) in [7, 11) is 0. The Kier molecular flexibility index (Phi) is 44.5. The number of carboxylic acid groups (broad SMARTS) is 2. The third-order valence-corrected chi connectivity index (χ3v) is 9.50. The second kappa shape index (κ2) is 42.5. The van der Waals surface area contributed by atoms with Crippen LogP contribution in [0.25, 0.3) is 0 Å². The maximum atomic E-state index is 11.7. The summed E-state index contributed by atoms with van der Waals surface area (Å²) < 4.78 is 19.2. The Bertz CT molecular complexity index is 957. The van der Waals surface area contributed by atoms with Gasteiger partial charge in [-0.25, -0.2) is 9.59 Å². The van der Waals surface area contributed by atoms with Crippen LogP contribution in [0.3, 0.4) is 0 Å². The topological polar surface area (TPSA) is 185 Å². The monoisotopic (exact) mass is 936 g/mol. The molecule has 13 heteroatoms. The van der Waals surface area contributed by atoms with Gasteiger partial charge in [-0.2, -0.15) is 0 Å². The van der Waals surface area contributed by atoms with Gasteiger partial charge in [-0.15, -0.1) is 0 Å². The number of carbonyl (C=O) groups excluding carboxylic acids is 6. The molecule has 4 unspecified atom stereocenters. The second-order valence-corrected chi connectivity index (χ2v) is 15.0. The van der Waals surface area contributed by atoms with E-state index < -0.39 is 60.2 Å². The smallest absolute Gasteiger partial charge is 0.546 e. The molecule has 4 atom stereocenters. The molecule has 0 aliphatic rings. The van der Waals surface area contributed by atoms with E-state index >= 15 is 0 Å². The van der Waals surface area contributed by atoms with Crippen LogP contribution >= 0.6 is 0 Å². The summed E-state index contributed by atoms with van der Waals surface area (Å²) in [4.78, 5) is 67.7. The first-order chi connectivity index (χ1) is 26.8. The number of hydrogen-bond donors (Lipinski definition) is 0. The van der Waals surface area contributed by atoms with Crippen molar-refractivity contribution in [2.45, 2.75) is 246 Å². The minimum absolute atomic E-state index is 0. The van der Waals surface area contributed by atoms with E-state index in [0.717, 1.165) is 38.5 Å². The largest absolute Gasteiger partial charge is 2.00 e. The summed E-state index contributed by atoms with van der Waals surface area (Å²) in [5.41, 5.74) is 0. The van der Waals surface area contributed by atoms with Crippen LogP contribution in [0, 0.1) is 0 Å². The second-order valence-electron chi connectivity index (χ2n) is 15.0. The molecule has 0 amide bonds. The predicted octanol–water partition coefficient (Wildman–Crippen LogP) is 7.78. The third kappa shape index (κ3) is 40.9. The minimum atomic E-state index is -1.49. The van der Waals surface area contributed by atoms with Crippen molar-refractivity contribution in [3.63, 3.8) is 0 Å². The zero-order valence-corrected chi connectivity index (χ0v) is 41.2. The van der Waals surface area contributed by atoms with Gasteiger partial charge in [0, 0.05) is 12.8 Å². The van der Waals surface area contributed by atoms with Crippen LogP contribution in [0.15, 0.2) is 0 Å². The third-order valence-electron chi connectivity index (χ3n) is 9.50. The van der Waals surface area contributed by atoms with Crippen molar-refractivity contribution in [1.82, 2.24) is 0 Å². The maximum Gasteiger partial charge on any atom is 2.00 e. The van der Waals surface area contributed by atoms with Gasteiger partial charge in [0.05, 0.1) is 11.9 Å². The molecule has 0 heterocycles. The number of esters is 4. The van der Waals surface area contributed by atoms with Gasteiger partial charge in [0.2, 0.25) is 0 Å². The molecular formula is C44H78BaO12. The van der Waals surface area contributed by atoms with E-state index in [1.165, 1.54) is 156 Å². The minimum Gasteiger partial charge on any atom is -0.546 e. The molecule has 0 N–H and O–H groups in total. The number of ether oxygens (including phenoxy) is 4. The zero-order chi connectivity index (χ0) is 42.4. The first kappa shape index (κ1) is 59.7. The Labute approximate surface area is 385 Å². The van der Waals surface area contributed by atoms with Gasteiger partial charge in [-0.3, -0.25) is 9.59 Å². The average Bonchev–Trinajstić information content (AvgIpc) is 3.15. The van der Waals surface area contributed by atoms with Crippen LogP contribution in [0.5, 0.6) is 0 Å². The van der Waals surface area contributed by atoms with E-state index in [1.807, 2.05) is 0 Å². The molecule has 0 fully saturated rings. The van der Waals surface area contributed by atoms with Gasteiger partial charge in [0.15, 0.2) is 12.2 Å². The Morgan fingerprint density at radius 3 is 0.772 bits per heavy atom. The fraction of sp³-hybridized carbons (Fsp3) is 0.864. The van der Waals surface area contributed by atoms with Gasteiger partial charge < -0.3 is 38.7 Å². The van der Waals surface area contributed by atoms with Crippen molar-refractivity contribution < 1.29 is 57.9 Å². The Balaban J connectivity index is -0.00000101. The van der Waals surface area contributed by atoms with Crippen molar-refractivity contribution in [3.05, 3.63) is 0 Å². The summed E-state index contributed by atoms with van der Waals surface area (Å²) in [6.45, 7) is 9.59. The number of unbranched alkanes of at least 4 members (excludes halogenated alkanes) is 24. The summed E-state index contributed by atoms with van der Waals surface area (Å²) in [5, 5.41) is 21.1. The van der Waals surface area contributed by atoms with E-state index in [2.05, 4.69) is 23.3 Å². The van der Waals surface area contributed by atoms with Crippen molar-refractivity contribution in [3.8, 4) is 0 Å². The Hall–Kier alpha value is -1.61. The molecule has 0 aromatic carbocycles. The fourth-order valence-electron chi connectivity index (χ4n) is 5.82. The fourth-order valence-corrected chi connectivity index (χ4v) is 5.82. The molecule has 0 spiro atoms. The molecule has 0 bridgehead atoms. The molecule has 0 saturated carbocycles. The van der Waals surface area contributed by atoms with Crippen LogP contribution in [0.1, 0.15) is 221 Å². The summed E-state index contributed by atoms with van der Waals surface area (Å²) in [6.07, 6.45) is 27.5. The molecule has 0 aromatic rings. The summed E-state index contributed by atoms with van der Waals surface area (Å²) >= 11 is 0. The first-order valence-corrected chi connectivity index (χ1v) is 22.0. The van der Waals surface area contributed by atoms with E-state index in [-0.39, 0.29) is 61.7 Å². The van der Waals surface area contributed by atoms with Crippen molar-refractivity contribution >= 4 is 84.7 Å². The average molecular weight is 936 g/mol. The molecule has 0 rings (SSSR count). The first-order valence-electron chi connectivity index (χ1n) is 22.0. The van der Waals surface area contributed by atoms with E-state index in [9.17, 15) is 39.0 Å². The van der Waals surface area contributed by atoms with Crippen LogP contribution in [-0.4, -0.2) is 109 Å². The van der Waals surface area contributed by atoms with Gasteiger partial charge >= 0.3 is 72.8 Å². The van der Waals surface area contributed by atoms with Crippen LogP contribution in [0.2, 0.25) is 0 Å². The Morgan fingerprint density at radius 2 is 0.561 bits per heavy atom. The molecule has 0 aliphatic carbocycles. The molecule has 0 aromatic heterocycles. The van der Waals surface area contributed by atoms with E-state index in [4.69, 9.17) is 9.47 Å². The summed E-state index contributed by atoms with van der Waals surface area (Å²) in [5.74, 6) is -5.66. The predicted molar refractivity (Wildman–Crippen MR) is 219 cm³/mol. The normalized spacial score (nSPS) is 12.7. The molecular weight excluding hydrogens is 858 g/mol.